The number of carbonyl (C=O) groups excluding carboxylic acids is 1. The Morgan fingerprint density at radius 2 is 2.00 bits per heavy atom. The molecule has 0 saturated carbocycles. The van der Waals surface area contributed by atoms with Crippen LogP contribution in [-0.2, 0) is 0 Å². The van der Waals surface area contributed by atoms with Gasteiger partial charge in [0.1, 0.15) is 12.4 Å². The van der Waals surface area contributed by atoms with Gasteiger partial charge in [0.05, 0.1) is 5.69 Å². The molecule has 1 amide bonds. The van der Waals surface area contributed by atoms with Crippen molar-refractivity contribution in [2.45, 2.75) is 13.8 Å². The van der Waals surface area contributed by atoms with E-state index in [1.165, 1.54) is 0 Å². The summed E-state index contributed by atoms with van der Waals surface area (Å²) in [6.45, 7) is 8.10. The molecule has 2 rings (SSSR count). The number of benzene rings is 2. The normalized spacial score (nSPS) is 10.1. The quantitative estimate of drug-likeness (QED) is 0.765. The van der Waals surface area contributed by atoms with E-state index in [1.54, 1.807) is 6.07 Å². The number of aryl methyl sites for hydroxylation is 1. The first-order valence-corrected chi connectivity index (χ1v) is 7.70. The predicted molar refractivity (Wildman–Crippen MR) is 93.6 cm³/mol. The molecule has 0 heterocycles. The van der Waals surface area contributed by atoms with Crippen molar-refractivity contribution in [2.75, 3.05) is 11.9 Å². The Morgan fingerprint density at radius 1 is 1.27 bits per heavy atom. The number of para-hydroxylation sites is 2. The van der Waals surface area contributed by atoms with Gasteiger partial charge in [-0.1, -0.05) is 40.7 Å². The number of ether oxygens (including phenoxy) is 1. The predicted octanol–water partition coefficient (Wildman–Crippen LogP) is 4.96. The molecule has 22 heavy (non-hydrogen) atoms. The summed E-state index contributed by atoms with van der Waals surface area (Å²) < 4.78 is 6.56. The van der Waals surface area contributed by atoms with Crippen LogP contribution in [0.15, 0.2) is 59.1 Å². The number of halogens is 1. The van der Waals surface area contributed by atoms with Crippen LogP contribution in [0, 0.1) is 6.92 Å². The van der Waals surface area contributed by atoms with Gasteiger partial charge in [0.15, 0.2) is 0 Å². The van der Waals surface area contributed by atoms with Gasteiger partial charge in [-0.15, -0.1) is 0 Å². The minimum Gasteiger partial charge on any atom is -0.487 e. The zero-order valence-electron chi connectivity index (χ0n) is 12.7. The van der Waals surface area contributed by atoms with Crippen LogP contribution >= 0.6 is 15.9 Å². The second-order valence-corrected chi connectivity index (χ2v) is 6.01. The minimum absolute atomic E-state index is 0.174. The van der Waals surface area contributed by atoms with E-state index < -0.39 is 0 Å². The Morgan fingerprint density at radius 3 is 2.68 bits per heavy atom. The molecule has 2 aromatic carbocycles. The Labute approximate surface area is 139 Å². The lowest BCUT2D eigenvalue weighted by Gasteiger charge is -2.12. The Kier molecular flexibility index (Phi) is 5.39. The monoisotopic (exact) mass is 359 g/mol. The highest BCUT2D eigenvalue weighted by atomic mass is 79.9. The number of carbonyl (C=O) groups is 1. The molecule has 0 spiro atoms. The summed E-state index contributed by atoms with van der Waals surface area (Å²) in [6, 6.07) is 12.9. The highest BCUT2D eigenvalue weighted by molar-refractivity contribution is 9.10. The average Bonchev–Trinajstić information content (AvgIpc) is 2.49. The van der Waals surface area contributed by atoms with E-state index in [0.29, 0.717) is 23.6 Å². The van der Waals surface area contributed by atoms with E-state index in [0.717, 1.165) is 15.6 Å². The summed E-state index contributed by atoms with van der Waals surface area (Å²) in [5.74, 6) is 0.456. The zero-order chi connectivity index (χ0) is 16.1. The van der Waals surface area contributed by atoms with Gasteiger partial charge >= 0.3 is 0 Å². The second kappa shape index (κ2) is 7.27. The molecule has 4 heteroatoms. The number of anilines is 1. The molecule has 0 radical (unpaired) electrons. The molecule has 0 aliphatic carbocycles. The summed E-state index contributed by atoms with van der Waals surface area (Å²) in [7, 11) is 0. The molecule has 2 aromatic rings. The van der Waals surface area contributed by atoms with Crippen LogP contribution in [0.3, 0.4) is 0 Å². The van der Waals surface area contributed by atoms with Crippen LogP contribution in [0.5, 0.6) is 5.75 Å². The molecule has 0 atom stereocenters. The summed E-state index contributed by atoms with van der Waals surface area (Å²) >= 11 is 3.44. The van der Waals surface area contributed by atoms with Gasteiger partial charge in [-0.2, -0.15) is 0 Å². The van der Waals surface area contributed by atoms with Crippen LogP contribution < -0.4 is 10.1 Å². The number of nitrogens with one attached hydrogen (secondary N) is 1. The van der Waals surface area contributed by atoms with Crippen molar-refractivity contribution < 1.29 is 9.53 Å². The third-order valence-corrected chi connectivity index (χ3v) is 3.90. The van der Waals surface area contributed by atoms with E-state index in [9.17, 15) is 4.79 Å². The third kappa shape index (κ3) is 4.21. The number of hydrogen-bond donors (Lipinski definition) is 1. The second-order valence-electron chi connectivity index (χ2n) is 5.16. The average molecular weight is 360 g/mol. The maximum absolute atomic E-state index is 12.4. The van der Waals surface area contributed by atoms with Gasteiger partial charge in [-0.05, 0) is 49.2 Å². The summed E-state index contributed by atoms with van der Waals surface area (Å²) in [5.41, 5.74) is 3.24. The largest absolute Gasteiger partial charge is 0.487 e. The summed E-state index contributed by atoms with van der Waals surface area (Å²) in [4.78, 5) is 12.4. The SMILES string of the molecule is C=C(C)COc1ccccc1NC(=O)c1ccc(C)c(Br)c1. The van der Waals surface area contributed by atoms with Gasteiger partial charge in [0, 0.05) is 10.0 Å². The maximum Gasteiger partial charge on any atom is 0.255 e. The van der Waals surface area contributed by atoms with Gasteiger partial charge in [-0.25, -0.2) is 0 Å². The standard InChI is InChI=1S/C18H18BrNO2/c1-12(2)11-22-17-7-5-4-6-16(17)20-18(21)14-9-8-13(3)15(19)10-14/h4-10H,1,11H2,2-3H3,(H,20,21). The molecule has 114 valence electrons. The van der Waals surface area contributed by atoms with E-state index in [-0.39, 0.29) is 5.91 Å². The molecule has 0 saturated heterocycles. The first-order valence-electron chi connectivity index (χ1n) is 6.91. The fraction of sp³-hybridized carbons (Fsp3) is 0.167. The first-order chi connectivity index (χ1) is 10.5. The molecular formula is C18H18BrNO2. The zero-order valence-corrected chi connectivity index (χ0v) is 14.2. The lowest BCUT2D eigenvalue weighted by molar-refractivity contribution is 0.102. The van der Waals surface area contributed by atoms with Crippen molar-refractivity contribution in [1.29, 1.82) is 0 Å². The molecule has 0 bridgehead atoms. The highest BCUT2D eigenvalue weighted by Crippen LogP contribution is 2.25. The molecular weight excluding hydrogens is 342 g/mol. The van der Waals surface area contributed by atoms with Crippen LogP contribution in [0.25, 0.3) is 0 Å². The highest BCUT2D eigenvalue weighted by Gasteiger charge is 2.10. The Hall–Kier alpha value is -2.07. The topological polar surface area (TPSA) is 38.3 Å². The molecule has 0 unspecified atom stereocenters. The number of amides is 1. The number of rotatable bonds is 5. The van der Waals surface area contributed by atoms with E-state index >= 15 is 0 Å². The van der Waals surface area contributed by atoms with Gasteiger partial charge in [0.25, 0.3) is 5.91 Å². The van der Waals surface area contributed by atoms with Crippen molar-refractivity contribution in [1.82, 2.24) is 0 Å². The first kappa shape index (κ1) is 16.3. The summed E-state index contributed by atoms with van der Waals surface area (Å²) in [6.07, 6.45) is 0. The fourth-order valence-electron chi connectivity index (χ4n) is 1.83. The number of hydrogen-bond acceptors (Lipinski definition) is 2. The Balaban J connectivity index is 2.17. The lowest BCUT2D eigenvalue weighted by atomic mass is 10.1. The van der Waals surface area contributed by atoms with Crippen molar-refractivity contribution in [3.63, 3.8) is 0 Å². The summed E-state index contributed by atoms with van der Waals surface area (Å²) in [5, 5.41) is 2.88. The fourth-order valence-corrected chi connectivity index (χ4v) is 2.20. The van der Waals surface area contributed by atoms with Crippen LogP contribution in [0.1, 0.15) is 22.8 Å². The van der Waals surface area contributed by atoms with Crippen LogP contribution in [-0.4, -0.2) is 12.5 Å². The van der Waals surface area contributed by atoms with E-state index in [2.05, 4.69) is 27.8 Å². The molecule has 0 aliphatic rings. The third-order valence-electron chi connectivity index (χ3n) is 3.04. The molecule has 0 aliphatic heterocycles. The van der Waals surface area contributed by atoms with Gasteiger partial charge in [-0.3, -0.25) is 4.79 Å². The lowest BCUT2D eigenvalue weighted by Crippen LogP contribution is -2.13. The van der Waals surface area contributed by atoms with Gasteiger partial charge < -0.3 is 10.1 Å². The van der Waals surface area contributed by atoms with Crippen molar-refractivity contribution >= 4 is 27.5 Å². The minimum atomic E-state index is -0.174. The van der Waals surface area contributed by atoms with Crippen LogP contribution in [0.2, 0.25) is 0 Å². The van der Waals surface area contributed by atoms with E-state index in [1.807, 2.05) is 50.2 Å². The molecule has 0 aromatic heterocycles. The van der Waals surface area contributed by atoms with Crippen molar-refractivity contribution in [3.8, 4) is 5.75 Å². The van der Waals surface area contributed by atoms with Crippen LogP contribution in [0.4, 0.5) is 5.69 Å². The van der Waals surface area contributed by atoms with Crippen molar-refractivity contribution in [2.24, 2.45) is 0 Å². The van der Waals surface area contributed by atoms with Gasteiger partial charge in [0.2, 0.25) is 0 Å². The molecule has 0 fully saturated rings. The van der Waals surface area contributed by atoms with E-state index in [4.69, 9.17) is 4.74 Å². The maximum atomic E-state index is 12.4. The smallest absolute Gasteiger partial charge is 0.255 e. The molecule has 3 nitrogen and oxygen atoms in total. The molecule has 1 N–H and O–H groups in total. The Bertz CT molecular complexity index is 710. The van der Waals surface area contributed by atoms with Crippen molar-refractivity contribution in [3.05, 3.63) is 70.2 Å².